The zero-order chi connectivity index (χ0) is 18.1. The number of carboxylic acids is 1. The van der Waals surface area contributed by atoms with Crippen LogP contribution in [0.4, 0.5) is 0 Å². The van der Waals surface area contributed by atoms with Crippen molar-refractivity contribution in [1.82, 2.24) is 0 Å². The molecule has 0 saturated carbocycles. The van der Waals surface area contributed by atoms with Gasteiger partial charge in [-0.3, -0.25) is 14.4 Å². The van der Waals surface area contributed by atoms with Crippen LogP contribution >= 0.6 is 0 Å². The Labute approximate surface area is 139 Å². The first kappa shape index (κ1) is 19.2. The molecule has 1 aromatic rings. The Morgan fingerprint density at radius 2 is 1.67 bits per heavy atom. The van der Waals surface area contributed by atoms with Gasteiger partial charge in [0, 0.05) is 12.0 Å². The van der Waals surface area contributed by atoms with Crippen molar-refractivity contribution in [2.75, 3.05) is 14.2 Å². The molecular formula is C17H19NO6. The Kier molecular flexibility index (Phi) is 7.46. The summed E-state index contributed by atoms with van der Waals surface area (Å²) < 4.78 is 9.09. The van der Waals surface area contributed by atoms with E-state index < -0.39 is 29.9 Å². The number of benzene rings is 1. The lowest BCUT2D eigenvalue weighted by Gasteiger charge is -2.08. The molecule has 1 unspecified atom stereocenters. The number of methoxy groups -OCH3 is 2. The first-order valence-corrected chi connectivity index (χ1v) is 7.11. The summed E-state index contributed by atoms with van der Waals surface area (Å²) in [7, 11) is 2.37. The molecule has 1 rings (SSSR count). The molecule has 0 heterocycles. The summed E-state index contributed by atoms with van der Waals surface area (Å²) in [6.07, 6.45) is 0.195. The number of carbonyl (C=O) groups is 3. The summed E-state index contributed by atoms with van der Waals surface area (Å²) in [6.45, 7) is 0. The van der Waals surface area contributed by atoms with E-state index in [9.17, 15) is 14.4 Å². The molecule has 0 aromatic heterocycles. The van der Waals surface area contributed by atoms with Crippen LogP contribution in [-0.2, 0) is 30.3 Å². The monoisotopic (exact) mass is 333 g/mol. The lowest BCUT2D eigenvalue weighted by atomic mass is 10.0. The van der Waals surface area contributed by atoms with Crippen LogP contribution in [0, 0.1) is 17.8 Å². The van der Waals surface area contributed by atoms with Crippen molar-refractivity contribution in [3.63, 3.8) is 0 Å². The highest BCUT2D eigenvalue weighted by Crippen LogP contribution is 2.09. The predicted molar refractivity (Wildman–Crippen MR) is 84.8 cm³/mol. The standard InChI is InChI=1S/C17H19NO6/c1-23-16(21)13(17(22)24-2)5-3-4-11-6-8-12(9-7-11)10-14(18)15(19)20/h6-9,13-14H,5,10,18H2,1-2H3,(H,19,20). The van der Waals surface area contributed by atoms with Gasteiger partial charge in [-0.25, -0.2) is 0 Å². The van der Waals surface area contributed by atoms with Crippen LogP contribution in [-0.4, -0.2) is 43.3 Å². The van der Waals surface area contributed by atoms with Crippen molar-refractivity contribution < 1.29 is 29.0 Å². The van der Waals surface area contributed by atoms with Gasteiger partial charge in [-0.1, -0.05) is 24.0 Å². The Bertz CT molecular complexity index is 640. The van der Waals surface area contributed by atoms with Gasteiger partial charge in [-0.05, 0) is 24.1 Å². The zero-order valence-electron chi connectivity index (χ0n) is 13.4. The van der Waals surface area contributed by atoms with E-state index in [1.807, 2.05) is 0 Å². The predicted octanol–water partition coefficient (Wildman–Crippen LogP) is 0.345. The van der Waals surface area contributed by atoms with Crippen LogP contribution in [0.15, 0.2) is 24.3 Å². The molecule has 0 radical (unpaired) electrons. The van der Waals surface area contributed by atoms with E-state index in [0.29, 0.717) is 5.56 Å². The molecule has 0 aliphatic rings. The molecule has 0 saturated heterocycles. The second kappa shape index (κ2) is 9.33. The fourth-order valence-electron chi connectivity index (χ4n) is 1.87. The summed E-state index contributed by atoms with van der Waals surface area (Å²) in [5.74, 6) is 2.02. The highest BCUT2D eigenvalue weighted by atomic mass is 16.5. The van der Waals surface area contributed by atoms with E-state index in [0.717, 1.165) is 5.56 Å². The number of hydrogen-bond donors (Lipinski definition) is 2. The lowest BCUT2D eigenvalue weighted by molar-refractivity contribution is -0.158. The largest absolute Gasteiger partial charge is 0.480 e. The third kappa shape index (κ3) is 5.74. The molecule has 0 aliphatic heterocycles. The summed E-state index contributed by atoms with van der Waals surface area (Å²) >= 11 is 0. The molecule has 1 atom stereocenters. The number of ether oxygens (including phenoxy) is 2. The Balaban J connectivity index is 2.73. The van der Waals surface area contributed by atoms with Gasteiger partial charge < -0.3 is 20.3 Å². The van der Waals surface area contributed by atoms with Gasteiger partial charge in [0.1, 0.15) is 6.04 Å². The maximum absolute atomic E-state index is 11.5. The molecule has 7 heteroatoms. The molecule has 7 nitrogen and oxygen atoms in total. The molecule has 3 N–H and O–H groups in total. The SMILES string of the molecule is COC(=O)C(CC#Cc1ccc(CC(N)C(=O)O)cc1)C(=O)OC. The van der Waals surface area contributed by atoms with Crippen LogP contribution in [0.25, 0.3) is 0 Å². The van der Waals surface area contributed by atoms with E-state index in [-0.39, 0.29) is 12.8 Å². The Hall–Kier alpha value is -2.85. The van der Waals surface area contributed by atoms with Crippen molar-refractivity contribution in [2.24, 2.45) is 11.7 Å². The summed E-state index contributed by atoms with van der Waals surface area (Å²) in [6, 6.07) is 5.92. The normalized spacial score (nSPS) is 11.2. The summed E-state index contributed by atoms with van der Waals surface area (Å²) in [5.41, 5.74) is 6.91. The van der Waals surface area contributed by atoms with Crippen molar-refractivity contribution in [1.29, 1.82) is 0 Å². The minimum absolute atomic E-state index is 0.0228. The molecule has 0 spiro atoms. The van der Waals surface area contributed by atoms with E-state index in [1.165, 1.54) is 14.2 Å². The molecule has 0 bridgehead atoms. The lowest BCUT2D eigenvalue weighted by Crippen LogP contribution is -2.32. The van der Waals surface area contributed by atoms with Gasteiger partial charge in [-0.15, -0.1) is 0 Å². The number of nitrogens with two attached hydrogens (primary N) is 1. The van der Waals surface area contributed by atoms with Gasteiger partial charge in [0.05, 0.1) is 14.2 Å². The minimum atomic E-state index is -1.08. The molecular weight excluding hydrogens is 314 g/mol. The average molecular weight is 333 g/mol. The molecule has 128 valence electrons. The second-order valence-electron chi connectivity index (χ2n) is 4.95. The van der Waals surface area contributed by atoms with Crippen LogP contribution in [0.2, 0.25) is 0 Å². The molecule has 0 amide bonds. The maximum Gasteiger partial charge on any atom is 0.321 e. The fourth-order valence-corrected chi connectivity index (χ4v) is 1.87. The minimum Gasteiger partial charge on any atom is -0.480 e. The van der Waals surface area contributed by atoms with E-state index in [1.54, 1.807) is 24.3 Å². The summed E-state index contributed by atoms with van der Waals surface area (Å²) in [5, 5.41) is 8.77. The van der Waals surface area contributed by atoms with Gasteiger partial charge in [-0.2, -0.15) is 0 Å². The highest BCUT2D eigenvalue weighted by molar-refractivity contribution is 5.95. The number of aliphatic carboxylic acids is 1. The number of carboxylic acid groups (broad SMARTS) is 1. The molecule has 1 aromatic carbocycles. The number of esters is 2. The van der Waals surface area contributed by atoms with Gasteiger partial charge in [0.2, 0.25) is 0 Å². The van der Waals surface area contributed by atoms with Crippen LogP contribution in [0.3, 0.4) is 0 Å². The second-order valence-corrected chi connectivity index (χ2v) is 4.95. The fraction of sp³-hybridized carbons (Fsp3) is 0.353. The zero-order valence-corrected chi connectivity index (χ0v) is 13.4. The first-order chi connectivity index (χ1) is 11.4. The Morgan fingerprint density at radius 3 is 2.12 bits per heavy atom. The number of carbonyl (C=O) groups excluding carboxylic acids is 2. The van der Waals surface area contributed by atoms with Crippen LogP contribution in [0.1, 0.15) is 17.5 Å². The topological polar surface area (TPSA) is 116 Å². The van der Waals surface area contributed by atoms with E-state index >= 15 is 0 Å². The van der Waals surface area contributed by atoms with Crippen molar-refractivity contribution in [3.8, 4) is 11.8 Å². The van der Waals surface area contributed by atoms with Crippen LogP contribution < -0.4 is 5.73 Å². The van der Waals surface area contributed by atoms with E-state index in [2.05, 4.69) is 21.3 Å². The number of hydrogen-bond acceptors (Lipinski definition) is 6. The smallest absolute Gasteiger partial charge is 0.321 e. The molecule has 0 fully saturated rings. The van der Waals surface area contributed by atoms with Gasteiger partial charge in [0.15, 0.2) is 5.92 Å². The highest BCUT2D eigenvalue weighted by Gasteiger charge is 2.27. The molecule has 24 heavy (non-hydrogen) atoms. The Morgan fingerprint density at radius 1 is 1.12 bits per heavy atom. The summed E-state index contributed by atoms with van der Waals surface area (Å²) in [4.78, 5) is 33.7. The van der Waals surface area contributed by atoms with Crippen molar-refractivity contribution in [2.45, 2.75) is 18.9 Å². The third-order valence-corrected chi connectivity index (χ3v) is 3.24. The van der Waals surface area contributed by atoms with Gasteiger partial charge >= 0.3 is 17.9 Å². The quantitative estimate of drug-likeness (QED) is 0.438. The molecule has 0 aliphatic carbocycles. The van der Waals surface area contributed by atoms with Gasteiger partial charge in [0.25, 0.3) is 0 Å². The van der Waals surface area contributed by atoms with Crippen LogP contribution in [0.5, 0.6) is 0 Å². The third-order valence-electron chi connectivity index (χ3n) is 3.24. The van der Waals surface area contributed by atoms with Crippen molar-refractivity contribution in [3.05, 3.63) is 35.4 Å². The number of rotatable bonds is 6. The van der Waals surface area contributed by atoms with Crippen molar-refractivity contribution >= 4 is 17.9 Å². The maximum atomic E-state index is 11.5. The average Bonchev–Trinajstić information content (AvgIpc) is 2.58. The first-order valence-electron chi connectivity index (χ1n) is 7.11. The van der Waals surface area contributed by atoms with E-state index in [4.69, 9.17) is 10.8 Å².